The summed E-state index contributed by atoms with van der Waals surface area (Å²) in [6, 6.07) is 6.84. The predicted molar refractivity (Wildman–Crippen MR) is 73.2 cm³/mol. The largest absolute Gasteiger partial charge is 0.378 e. The van der Waals surface area contributed by atoms with Crippen molar-refractivity contribution >= 4 is 34.8 Å². The van der Waals surface area contributed by atoms with Crippen LogP contribution < -0.4 is 0 Å². The van der Waals surface area contributed by atoms with Crippen molar-refractivity contribution < 1.29 is 4.74 Å². The van der Waals surface area contributed by atoms with Crippen molar-refractivity contribution in [2.45, 2.75) is 6.61 Å². The molecule has 0 radical (unpaired) electrons. The zero-order valence-electron chi connectivity index (χ0n) is 9.45. The normalized spacial score (nSPS) is 10.7. The molecule has 0 N–H and O–H groups in total. The summed E-state index contributed by atoms with van der Waals surface area (Å²) in [4.78, 5) is 8.50. The van der Waals surface area contributed by atoms with Gasteiger partial charge < -0.3 is 4.74 Å². The molecule has 0 aliphatic carbocycles. The van der Waals surface area contributed by atoms with Crippen LogP contribution in [0.4, 0.5) is 0 Å². The third kappa shape index (κ3) is 3.12. The van der Waals surface area contributed by atoms with E-state index in [0.29, 0.717) is 33.3 Å². The SMILES string of the molecule is COCc1cc(Cl)nc(-c2ccc(Cl)c(Cl)c2)n1. The third-order valence-electron chi connectivity index (χ3n) is 2.22. The Hall–Kier alpha value is -0.870. The van der Waals surface area contributed by atoms with Gasteiger partial charge in [0.2, 0.25) is 0 Å². The minimum Gasteiger partial charge on any atom is -0.378 e. The monoisotopic (exact) mass is 302 g/mol. The maximum Gasteiger partial charge on any atom is 0.161 e. The Balaban J connectivity index is 2.46. The fraction of sp³-hybridized carbons (Fsp3) is 0.167. The van der Waals surface area contributed by atoms with E-state index in [2.05, 4.69) is 9.97 Å². The minimum atomic E-state index is 0.359. The lowest BCUT2D eigenvalue weighted by Crippen LogP contribution is -1.97. The Morgan fingerprint density at radius 3 is 2.50 bits per heavy atom. The first kappa shape index (κ1) is 13.6. The molecule has 6 heteroatoms. The van der Waals surface area contributed by atoms with E-state index in [0.717, 1.165) is 5.56 Å². The van der Waals surface area contributed by atoms with E-state index < -0.39 is 0 Å². The first-order chi connectivity index (χ1) is 8.60. The molecular weight excluding hydrogens is 295 g/mol. The van der Waals surface area contributed by atoms with E-state index in [9.17, 15) is 0 Å². The number of rotatable bonds is 3. The van der Waals surface area contributed by atoms with E-state index in [1.807, 2.05) is 0 Å². The highest BCUT2D eigenvalue weighted by Crippen LogP contribution is 2.27. The van der Waals surface area contributed by atoms with Gasteiger partial charge in [0.1, 0.15) is 5.15 Å². The lowest BCUT2D eigenvalue weighted by Gasteiger charge is -2.05. The molecule has 0 unspecified atom stereocenters. The van der Waals surface area contributed by atoms with Gasteiger partial charge in [-0.05, 0) is 24.3 Å². The number of benzene rings is 1. The molecule has 0 amide bonds. The van der Waals surface area contributed by atoms with E-state index in [1.165, 1.54) is 0 Å². The number of nitrogens with zero attached hydrogens (tertiary/aromatic N) is 2. The van der Waals surface area contributed by atoms with Crippen LogP contribution in [0.25, 0.3) is 11.4 Å². The van der Waals surface area contributed by atoms with Crippen LogP contribution in [-0.2, 0) is 11.3 Å². The second-order valence-electron chi connectivity index (χ2n) is 3.57. The smallest absolute Gasteiger partial charge is 0.161 e. The van der Waals surface area contributed by atoms with Gasteiger partial charge in [-0.2, -0.15) is 0 Å². The van der Waals surface area contributed by atoms with Gasteiger partial charge in [0.25, 0.3) is 0 Å². The summed E-state index contributed by atoms with van der Waals surface area (Å²) in [5.74, 6) is 0.494. The number of halogens is 3. The summed E-state index contributed by atoms with van der Waals surface area (Å²) in [6.45, 7) is 0.372. The van der Waals surface area contributed by atoms with Crippen molar-refractivity contribution in [2.24, 2.45) is 0 Å². The fourth-order valence-electron chi connectivity index (χ4n) is 1.45. The predicted octanol–water partition coefficient (Wildman–Crippen LogP) is 4.25. The first-order valence-corrected chi connectivity index (χ1v) is 6.21. The molecule has 0 bridgehead atoms. The molecule has 0 atom stereocenters. The maximum absolute atomic E-state index is 5.96. The van der Waals surface area contributed by atoms with Gasteiger partial charge in [-0.25, -0.2) is 9.97 Å². The third-order valence-corrected chi connectivity index (χ3v) is 3.15. The highest BCUT2D eigenvalue weighted by atomic mass is 35.5. The number of methoxy groups -OCH3 is 1. The summed E-state index contributed by atoms with van der Waals surface area (Å²) < 4.78 is 5.02. The summed E-state index contributed by atoms with van der Waals surface area (Å²) in [7, 11) is 1.59. The molecule has 0 fully saturated rings. The van der Waals surface area contributed by atoms with E-state index in [1.54, 1.807) is 31.4 Å². The summed E-state index contributed by atoms with van der Waals surface area (Å²) in [5.41, 5.74) is 1.46. The minimum absolute atomic E-state index is 0.359. The van der Waals surface area contributed by atoms with Crippen LogP contribution in [0.5, 0.6) is 0 Å². The highest BCUT2D eigenvalue weighted by Gasteiger charge is 2.08. The summed E-state index contributed by atoms with van der Waals surface area (Å²) in [6.07, 6.45) is 0. The van der Waals surface area contributed by atoms with Crippen molar-refractivity contribution in [3.63, 3.8) is 0 Å². The fourth-order valence-corrected chi connectivity index (χ4v) is 1.95. The van der Waals surface area contributed by atoms with Crippen LogP contribution in [-0.4, -0.2) is 17.1 Å². The Kier molecular flexibility index (Phi) is 4.40. The Morgan fingerprint density at radius 2 is 1.83 bits per heavy atom. The molecular formula is C12H9Cl3N2O. The molecule has 0 spiro atoms. The van der Waals surface area contributed by atoms with E-state index in [-0.39, 0.29) is 0 Å². The molecule has 2 rings (SSSR count). The molecule has 18 heavy (non-hydrogen) atoms. The molecule has 0 aliphatic rings. The zero-order valence-corrected chi connectivity index (χ0v) is 11.7. The van der Waals surface area contributed by atoms with Crippen molar-refractivity contribution in [1.29, 1.82) is 0 Å². The van der Waals surface area contributed by atoms with Crippen LogP contribution in [0, 0.1) is 0 Å². The van der Waals surface area contributed by atoms with E-state index in [4.69, 9.17) is 39.5 Å². The number of hydrogen-bond acceptors (Lipinski definition) is 3. The van der Waals surface area contributed by atoms with Gasteiger partial charge in [-0.1, -0.05) is 34.8 Å². The van der Waals surface area contributed by atoms with Gasteiger partial charge in [-0.15, -0.1) is 0 Å². The van der Waals surface area contributed by atoms with Crippen molar-refractivity contribution in [2.75, 3.05) is 7.11 Å². The molecule has 94 valence electrons. The lowest BCUT2D eigenvalue weighted by atomic mass is 10.2. The first-order valence-electron chi connectivity index (χ1n) is 5.08. The quantitative estimate of drug-likeness (QED) is 0.795. The van der Waals surface area contributed by atoms with Gasteiger partial charge in [0.05, 0.1) is 22.3 Å². The molecule has 1 aromatic carbocycles. The van der Waals surface area contributed by atoms with Crippen LogP contribution >= 0.6 is 34.8 Å². The zero-order chi connectivity index (χ0) is 13.1. The van der Waals surface area contributed by atoms with Gasteiger partial charge in [0.15, 0.2) is 5.82 Å². The van der Waals surface area contributed by atoms with Gasteiger partial charge in [-0.3, -0.25) is 0 Å². The average Bonchev–Trinajstić information content (AvgIpc) is 2.32. The van der Waals surface area contributed by atoms with Crippen molar-refractivity contribution in [3.05, 3.63) is 45.2 Å². The topological polar surface area (TPSA) is 35.0 Å². The van der Waals surface area contributed by atoms with Crippen molar-refractivity contribution in [1.82, 2.24) is 9.97 Å². The van der Waals surface area contributed by atoms with Gasteiger partial charge in [0, 0.05) is 12.7 Å². The number of ether oxygens (including phenoxy) is 1. The molecule has 1 aromatic heterocycles. The average molecular weight is 304 g/mol. The molecule has 2 aromatic rings. The molecule has 0 aliphatic heterocycles. The lowest BCUT2D eigenvalue weighted by molar-refractivity contribution is 0.181. The Morgan fingerprint density at radius 1 is 1.06 bits per heavy atom. The summed E-state index contributed by atoms with van der Waals surface area (Å²) >= 11 is 17.8. The molecule has 0 saturated carbocycles. The van der Waals surface area contributed by atoms with Crippen LogP contribution in [0.3, 0.4) is 0 Å². The van der Waals surface area contributed by atoms with Gasteiger partial charge >= 0.3 is 0 Å². The van der Waals surface area contributed by atoms with Crippen LogP contribution in [0.2, 0.25) is 15.2 Å². The number of aromatic nitrogens is 2. The second kappa shape index (κ2) is 5.85. The standard InChI is InChI=1S/C12H9Cl3N2O/c1-18-6-8-5-11(15)17-12(16-8)7-2-3-9(13)10(14)4-7/h2-5H,6H2,1H3. The molecule has 3 nitrogen and oxygen atoms in total. The molecule has 0 saturated heterocycles. The Bertz CT molecular complexity index is 575. The number of hydrogen-bond donors (Lipinski definition) is 0. The highest BCUT2D eigenvalue weighted by molar-refractivity contribution is 6.42. The Labute approximate surface area is 120 Å². The summed E-state index contributed by atoms with van der Waals surface area (Å²) in [5, 5.41) is 1.30. The molecule has 1 heterocycles. The van der Waals surface area contributed by atoms with Crippen LogP contribution in [0.15, 0.2) is 24.3 Å². The second-order valence-corrected chi connectivity index (χ2v) is 4.77. The maximum atomic E-state index is 5.96. The van der Waals surface area contributed by atoms with Crippen LogP contribution in [0.1, 0.15) is 5.69 Å². The van der Waals surface area contributed by atoms with Crippen molar-refractivity contribution in [3.8, 4) is 11.4 Å². The van der Waals surface area contributed by atoms with E-state index >= 15 is 0 Å².